The average Bonchev–Trinajstić information content (AvgIpc) is 3.59. The Morgan fingerprint density at radius 1 is 0.386 bits per heavy atom. The van der Waals surface area contributed by atoms with Gasteiger partial charge in [0.2, 0.25) is 0 Å². The maximum atomic E-state index is 14.7. The molecule has 2 aliphatic rings. The van der Waals surface area contributed by atoms with E-state index in [-0.39, 0.29) is 48.7 Å². The molecule has 8 aromatic carbocycles. The number of carbonyl (C=O) groups is 4. The fourth-order valence-corrected chi connectivity index (χ4v) is 10.9. The first kappa shape index (κ1) is 58.0. The normalized spacial score (nSPS) is 22.1. The van der Waals surface area contributed by atoms with Gasteiger partial charge in [-0.3, -0.25) is 0 Å². The molecule has 10 atom stereocenters. The molecule has 0 unspecified atom stereocenters. The van der Waals surface area contributed by atoms with Crippen LogP contribution in [0.2, 0.25) is 0 Å². The van der Waals surface area contributed by atoms with E-state index in [1.54, 1.807) is 121 Å². The van der Waals surface area contributed by atoms with E-state index >= 15 is 0 Å². The van der Waals surface area contributed by atoms with Crippen molar-refractivity contribution in [2.45, 2.75) is 92.2 Å². The Morgan fingerprint density at radius 3 is 1.28 bits per heavy atom. The van der Waals surface area contributed by atoms with Gasteiger partial charge in [0.1, 0.15) is 42.6 Å². The number of benzene rings is 8. The third-order valence-electron chi connectivity index (χ3n) is 13.9. The zero-order chi connectivity index (χ0) is 57.2. The molecule has 0 aromatic heterocycles. The first-order valence-electron chi connectivity index (χ1n) is 27.4. The van der Waals surface area contributed by atoms with Gasteiger partial charge in [0.25, 0.3) is 0 Å². The summed E-state index contributed by atoms with van der Waals surface area (Å²) in [6.07, 6.45) is -12.4. The molecule has 14 nitrogen and oxygen atoms in total. The van der Waals surface area contributed by atoms with E-state index in [1.165, 1.54) is 11.8 Å². The van der Waals surface area contributed by atoms with E-state index in [2.05, 4.69) is 0 Å². The molecule has 0 saturated carbocycles. The van der Waals surface area contributed by atoms with Crippen LogP contribution in [0.1, 0.15) is 63.7 Å². The highest BCUT2D eigenvalue weighted by Gasteiger charge is 2.57. The molecule has 15 heteroatoms. The molecule has 83 heavy (non-hydrogen) atoms. The summed E-state index contributed by atoms with van der Waals surface area (Å²) in [5.74, 6) is -3.28. The van der Waals surface area contributed by atoms with Gasteiger partial charge in [-0.05, 0) is 83.8 Å². The number of esters is 4. The Hall–Kier alpha value is -8.25. The number of aryl methyl sites for hydroxylation is 1. The van der Waals surface area contributed by atoms with Crippen LogP contribution in [0, 0.1) is 6.92 Å². The second-order valence-corrected chi connectivity index (χ2v) is 20.9. The number of thioether (sulfide) groups is 1. The quantitative estimate of drug-likeness (QED) is 0.0439. The van der Waals surface area contributed by atoms with Crippen molar-refractivity contribution in [2.75, 3.05) is 13.2 Å². The summed E-state index contributed by atoms with van der Waals surface area (Å²) >= 11 is 1.47. The molecule has 2 fully saturated rings. The zero-order valence-corrected chi connectivity index (χ0v) is 46.3. The smallest absolute Gasteiger partial charge is 0.338 e. The maximum absolute atomic E-state index is 14.7. The van der Waals surface area contributed by atoms with Crippen molar-refractivity contribution in [3.63, 3.8) is 0 Å². The van der Waals surface area contributed by atoms with Crippen molar-refractivity contribution in [2.24, 2.45) is 0 Å². The molecule has 8 aromatic rings. The lowest BCUT2D eigenvalue weighted by atomic mass is 9.96. The minimum atomic E-state index is -1.73. The van der Waals surface area contributed by atoms with Crippen LogP contribution in [0.3, 0.4) is 0 Å². The van der Waals surface area contributed by atoms with Gasteiger partial charge in [0, 0.05) is 4.90 Å². The van der Waals surface area contributed by atoms with Crippen LogP contribution >= 0.6 is 11.8 Å². The zero-order valence-electron chi connectivity index (χ0n) is 45.4. The first-order valence-corrected chi connectivity index (χ1v) is 28.2. The third-order valence-corrected chi connectivity index (χ3v) is 15.2. The van der Waals surface area contributed by atoms with Crippen LogP contribution in [0.25, 0.3) is 0 Å². The summed E-state index contributed by atoms with van der Waals surface area (Å²) in [6, 6.07) is 69.9. The second kappa shape index (κ2) is 29.1. The van der Waals surface area contributed by atoms with Gasteiger partial charge >= 0.3 is 23.9 Å². The van der Waals surface area contributed by atoms with Crippen LogP contribution in [0.4, 0.5) is 0 Å². The van der Waals surface area contributed by atoms with Crippen LogP contribution in [0.15, 0.2) is 241 Å². The summed E-state index contributed by atoms with van der Waals surface area (Å²) in [5.41, 5.74) is 3.54. The van der Waals surface area contributed by atoms with Crippen molar-refractivity contribution in [1.29, 1.82) is 0 Å². The largest absolute Gasteiger partial charge is 0.459 e. The molecule has 2 heterocycles. The van der Waals surface area contributed by atoms with E-state index in [1.807, 2.05) is 122 Å². The van der Waals surface area contributed by atoms with Gasteiger partial charge in [0.05, 0.1) is 48.7 Å². The van der Waals surface area contributed by atoms with E-state index in [0.29, 0.717) is 0 Å². The molecule has 0 spiro atoms. The molecule has 2 saturated heterocycles. The predicted octanol–water partition coefficient (Wildman–Crippen LogP) is 11.8. The topological polar surface area (TPSA) is 161 Å². The maximum Gasteiger partial charge on any atom is 0.338 e. The highest BCUT2D eigenvalue weighted by Crippen LogP contribution is 2.41. The summed E-state index contributed by atoms with van der Waals surface area (Å²) in [6.45, 7) is 1.81. The molecular weight excluding hydrogens is 1070 g/mol. The van der Waals surface area contributed by atoms with Crippen molar-refractivity contribution in [3.05, 3.63) is 281 Å². The molecule has 0 aliphatic carbocycles. The Morgan fingerprint density at radius 2 is 0.783 bits per heavy atom. The van der Waals surface area contributed by atoms with Crippen molar-refractivity contribution in [3.8, 4) is 0 Å². The number of rotatable bonds is 23. The molecule has 0 bridgehead atoms. The fourth-order valence-electron chi connectivity index (χ4n) is 9.64. The number of carbonyl (C=O) groups excluding carboxylic acids is 4. The second-order valence-electron chi connectivity index (χ2n) is 19.8. The summed E-state index contributed by atoms with van der Waals surface area (Å²) in [5, 5.41) is 0. The molecule has 2 aliphatic heterocycles. The first-order chi connectivity index (χ1) is 40.7. The van der Waals surface area contributed by atoms with Crippen LogP contribution in [-0.4, -0.2) is 97.6 Å². The molecule has 0 radical (unpaired) electrons. The van der Waals surface area contributed by atoms with Gasteiger partial charge in [-0.2, -0.15) is 0 Å². The van der Waals surface area contributed by atoms with Gasteiger partial charge < -0.3 is 47.4 Å². The molecule has 0 N–H and O–H groups in total. The van der Waals surface area contributed by atoms with Crippen LogP contribution < -0.4 is 0 Å². The minimum Gasteiger partial charge on any atom is -0.459 e. The predicted molar refractivity (Wildman–Crippen MR) is 309 cm³/mol. The van der Waals surface area contributed by atoms with Crippen molar-refractivity contribution >= 4 is 35.6 Å². The van der Waals surface area contributed by atoms with Gasteiger partial charge in [-0.25, -0.2) is 19.2 Å². The van der Waals surface area contributed by atoms with Crippen LogP contribution in [0.5, 0.6) is 0 Å². The van der Waals surface area contributed by atoms with E-state index in [4.69, 9.17) is 47.4 Å². The van der Waals surface area contributed by atoms with E-state index in [0.717, 1.165) is 27.1 Å². The lowest BCUT2D eigenvalue weighted by Crippen LogP contribution is -2.66. The van der Waals surface area contributed by atoms with Gasteiger partial charge in [-0.1, -0.05) is 194 Å². The molecule has 0 amide bonds. The number of hydrogen-bond donors (Lipinski definition) is 0. The standard InChI is InChI=1S/C68H62O14S/c1-46-25-23-24-40-56(46)83-68-62(75-43-49-30-13-4-14-31-49)59(74-42-48-28-11-3-12-29-48)57(54(78-68)44-73-41-47-26-9-2-10-27-47)82-67-61(81-66(72)53-38-21-8-22-39-53)60(80-65(71)52-36-19-7-20-37-52)58(79-64(70)51-34-17-6-18-35-51)55(77-67)45-76-63(69)50-32-15-5-16-33-50/h2-40,54-55,57-62,67-68H,41-45H2,1H3/t54-,55-,57-,58+,59+,60+,61-,62-,67+,68+/m1/s1. The Bertz CT molecular complexity index is 3310. The summed E-state index contributed by atoms with van der Waals surface area (Å²) in [7, 11) is 0. The highest BCUT2D eigenvalue weighted by molar-refractivity contribution is 7.99. The lowest BCUT2D eigenvalue weighted by molar-refractivity contribution is -0.342. The number of hydrogen-bond acceptors (Lipinski definition) is 15. The molecular formula is C68H62O14S. The fraction of sp³-hybridized carbons (Fsp3) is 0.235. The van der Waals surface area contributed by atoms with E-state index in [9.17, 15) is 19.2 Å². The van der Waals surface area contributed by atoms with Gasteiger partial charge in [0.15, 0.2) is 24.6 Å². The average molecular weight is 1140 g/mol. The highest BCUT2D eigenvalue weighted by atomic mass is 32.2. The number of ether oxygens (including phenoxy) is 10. The molecule has 10 rings (SSSR count). The Labute approximate surface area is 486 Å². The molecule has 424 valence electrons. The van der Waals surface area contributed by atoms with E-state index < -0.39 is 91.0 Å². The Balaban J connectivity index is 1.11. The summed E-state index contributed by atoms with van der Waals surface area (Å²) < 4.78 is 67.7. The van der Waals surface area contributed by atoms with Crippen molar-refractivity contribution in [1.82, 2.24) is 0 Å². The van der Waals surface area contributed by atoms with Crippen LogP contribution in [-0.2, 0) is 67.2 Å². The summed E-state index contributed by atoms with van der Waals surface area (Å²) in [4.78, 5) is 58.5. The SMILES string of the molecule is Cc1ccccc1S[C@@H]1O[C@H](COCc2ccccc2)[C@@H](O[C@@H]2O[C@H](COC(=O)c3ccccc3)[C@H](OC(=O)c3ccccc3)[C@H](OC(=O)c3ccccc3)[C@H]2OC(=O)c2ccccc2)[C@H](OCc2ccccc2)[C@H]1OCc1ccccc1. The minimum absolute atomic E-state index is 0.0654. The van der Waals surface area contributed by atoms with Gasteiger partial charge in [-0.15, -0.1) is 0 Å². The third kappa shape index (κ3) is 15.7. The monoisotopic (exact) mass is 1130 g/mol. The van der Waals surface area contributed by atoms with Crippen molar-refractivity contribution < 1.29 is 66.5 Å². The lowest BCUT2D eigenvalue weighted by Gasteiger charge is -2.49. The Kier molecular flexibility index (Phi) is 20.3.